The average Bonchev–Trinajstić information content (AvgIpc) is 2.19. The van der Waals surface area contributed by atoms with Gasteiger partial charge in [-0.05, 0) is 6.26 Å². The van der Waals surface area contributed by atoms with E-state index in [1.165, 1.54) is 0 Å². The van der Waals surface area contributed by atoms with Crippen LogP contribution in [-0.4, -0.2) is 35.6 Å². The molecular weight excluding hydrogens is 186 g/mol. The zero-order valence-corrected chi connectivity index (χ0v) is 8.60. The van der Waals surface area contributed by atoms with Crippen molar-refractivity contribution in [3.05, 3.63) is 12.3 Å². The van der Waals surface area contributed by atoms with Gasteiger partial charge in [-0.1, -0.05) is 0 Å². The Hall–Kier alpha value is -0.970. The van der Waals surface area contributed by atoms with Crippen LogP contribution >= 0.6 is 11.8 Å². The van der Waals surface area contributed by atoms with E-state index in [9.17, 15) is 0 Å². The van der Waals surface area contributed by atoms with Crippen molar-refractivity contribution in [2.24, 2.45) is 0 Å². The van der Waals surface area contributed by atoms with Crippen molar-refractivity contribution in [1.82, 2.24) is 9.97 Å². The minimum absolute atomic E-state index is 0.585. The highest BCUT2D eigenvalue weighted by Gasteiger charge is 1.96. The normalized spacial score (nSPS) is 9.69. The van der Waals surface area contributed by atoms with Gasteiger partial charge in [0.25, 0.3) is 0 Å². The van der Waals surface area contributed by atoms with Gasteiger partial charge >= 0.3 is 0 Å². The highest BCUT2D eigenvalue weighted by atomic mass is 32.2. The van der Waals surface area contributed by atoms with Gasteiger partial charge in [-0.3, -0.25) is 0 Å². The molecule has 4 nitrogen and oxygen atoms in total. The molecule has 0 atom stereocenters. The van der Waals surface area contributed by atoms with Gasteiger partial charge in [-0.2, -0.15) is 16.7 Å². The van der Waals surface area contributed by atoms with Crippen LogP contribution in [0.2, 0.25) is 0 Å². The molecule has 1 N–H and O–H groups in total. The first-order valence-electron chi connectivity index (χ1n) is 3.96. The third-order valence-corrected chi connectivity index (χ3v) is 2.04. The third kappa shape index (κ3) is 3.50. The fraction of sp³-hybridized carbons (Fsp3) is 0.500. The Kier molecular flexibility index (Phi) is 4.39. The van der Waals surface area contributed by atoms with Crippen molar-refractivity contribution >= 4 is 17.7 Å². The standard InChI is InChI=1S/C8H13N3OS/c1-12-7-3-4-9-8(11-7)10-5-6-13-2/h3-4H,5-6H2,1-2H3,(H,9,10,11). The van der Waals surface area contributed by atoms with Crippen LogP contribution in [0.1, 0.15) is 0 Å². The highest BCUT2D eigenvalue weighted by Crippen LogP contribution is 2.06. The van der Waals surface area contributed by atoms with Crippen molar-refractivity contribution in [2.75, 3.05) is 31.0 Å². The molecule has 0 fully saturated rings. The van der Waals surface area contributed by atoms with E-state index in [2.05, 4.69) is 21.5 Å². The molecular formula is C8H13N3OS. The van der Waals surface area contributed by atoms with Crippen LogP contribution in [0, 0.1) is 0 Å². The number of nitrogens with zero attached hydrogens (tertiary/aromatic N) is 2. The second kappa shape index (κ2) is 5.64. The predicted octanol–water partition coefficient (Wildman–Crippen LogP) is 1.26. The number of anilines is 1. The predicted molar refractivity (Wildman–Crippen MR) is 55.5 cm³/mol. The first-order valence-corrected chi connectivity index (χ1v) is 5.36. The lowest BCUT2D eigenvalue weighted by Gasteiger charge is -2.03. The zero-order chi connectivity index (χ0) is 9.52. The molecule has 0 unspecified atom stereocenters. The summed E-state index contributed by atoms with van der Waals surface area (Å²) in [4.78, 5) is 8.16. The molecule has 0 radical (unpaired) electrons. The molecule has 1 rings (SSSR count). The number of rotatable bonds is 5. The lowest BCUT2D eigenvalue weighted by molar-refractivity contribution is 0.397. The van der Waals surface area contributed by atoms with Crippen LogP contribution in [0.4, 0.5) is 5.95 Å². The highest BCUT2D eigenvalue weighted by molar-refractivity contribution is 7.98. The lowest BCUT2D eigenvalue weighted by atomic mass is 10.6. The van der Waals surface area contributed by atoms with Crippen molar-refractivity contribution in [1.29, 1.82) is 0 Å². The summed E-state index contributed by atoms with van der Waals surface area (Å²) in [5.74, 6) is 2.25. The summed E-state index contributed by atoms with van der Waals surface area (Å²) in [5.41, 5.74) is 0. The number of aromatic nitrogens is 2. The van der Waals surface area contributed by atoms with Crippen molar-refractivity contribution in [3.8, 4) is 5.88 Å². The zero-order valence-electron chi connectivity index (χ0n) is 7.78. The molecule has 13 heavy (non-hydrogen) atoms. The second-order valence-corrected chi connectivity index (χ2v) is 3.33. The maximum absolute atomic E-state index is 4.96. The van der Waals surface area contributed by atoms with E-state index in [4.69, 9.17) is 4.74 Å². The van der Waals surface area contributed by atoms with Crippen molar-refractivity contribution in [2.45, 2.75) is 0 Å². The quantitative estimate of drug-likeness (QED) is 0.723. The van der Waals surface area contributed by atoms with Crippen LogP contribution in [0.3, 0.4) is 0 Å². The van der Waals surface area contributed by atoms with Crippen molar-refractivity contribution < 1.29 is 4.74 Å². The molecule has 0 aliphatic carbocycles. The molecule has 0 bridgehead atoms. The number of hydrogen-bond acceptors (Lipinski definition) is 5. The Morgan fingerprint density at radius 1 is 1.62 bits per heavy atom. The van der Waals surface area contributed by atoms with Gasteiger partial charge in [-0.25, -0.2) is 4.98 Å². The average molecular weight is 199 g/mol. The second-order valence-electron chi connectivity index (χ2n) is 2.34. The SMILES string of the molecule is COc1ccnc(NCCSC)n1. The minimum atomic E-state index is 0.585. The Morgan fingerprint density at radius 2 is 2.46 bits per heavy atom. The number of methoxy groups -OCH3 is 1. The summed E-state index contributed by atoms with van der Waals surface area (Å²) in [7, 11) is 1.59. The summed E-state index contributed by atoms with van der Waals surface area (Å²) < 4.78 is 4.96. The molecule has 0 spiro atoms. The Labute approximate surface area is 82.1 Å². The van der Waals surface area contributed by atoms with Gasteiger partial charge < -0.3 is 10.1 Å². The van der Waals surface area contributed by atoms with Gasteiger partial charge in [0, 0.05) is 24.6 Å². The Balaban J connectivity index is 2.46. The Bertz CT molecular complexity index is 257. The number of hydrogen-bond donors (Lipinski definition) is 1. The third-order valence-electron chi connectivity index (χ3n) is 1.43. The van der Waals surface area contributed by atoms with Gasteiger partial charge in [0.1, 0.15) is 0 Å². The van der Waals surface area contributed by atoms with E-state index in [-0.39, 0.29) is 0 Å². The fourth-order valence-electron chi connectivity index (χ4n) is 0.806. The van der Waals surface area contributed by atoms with Crippen LogP contribution in [0.15, 0.2) is 12.3 Å². The summed E-state index contributed by atoms with van der Waals surface area (Å²) in [6.45, 7) is 0.869. The molecule has 0 aliphatic heterocycles. The van der Waals surface area contributed by atoms with Crippen LogP contribution in [0.25, 0.3) is 0 Å². The van der Waals surface area contributed by atoms with E-state index in [0.717, 1.165) is 12.3 Å². The van der Waals surface area contributed by atoms with E-state index >= 15 is 0 Å². The van der Waals surface area contributed by atoms with Crippen molar-refractivity contribution in [3.63, 3.8) is 0 Å². The molecule has 1 heterocycles. The van der Waals surface area contributed by atoms with E-state index in [1.54, 1.807) is 31.1 Å². The molecule has 1 aromatic heterocycles. The summed E-state index contributed by atoms with van der Waals surface area (Å²) in [5, 5.41) is 3.10. The molecule has 0 saturated carbocycles. The summed E-state index contributed by atoms with van der Waals surface area (Å²) in [6.07, 6.45) is 3.74. The topological polar surface area (TPSA) is 47.0 Å². The first-order chi connectivity index (χ1) is 6.36. The molecule has 0 amide bonds. The lowest BCUT2D eigenvalue weighted by Crippen LogP contribution is -2.07. The van der Waals surface area contributed by atoms with Crippen LogP contribution in [0.5, 0.6) is 5.88 Å². The van der Waals surface area contributed by atoms with Gasteiger partial charge in [0.15, 0.2) is 0 Å². The van der Waals surface area contributed by atoms with Gasteiger partial charge in [0.2, 0.25) is 11.8 Å². The molecule has 0 aliphatic rings. The maximum Gasteiger partial charge on any atom is 0.225 e. The number of thioether (sulfide) groups is 1. The fourth-order valence-corrected chi connectivity index (χ4v) is 1.11. The van der Waals surface area contributed by atoms with Gasteiger partial charge in [-0.15, -0.1) is 0 Å². The molecule has 0 saturated heterocycles. The van der Waals surface area contributed by atoms with Crippen LogP contribution < -0.4 is 10.1 Å². The monoisotopic (exact) mass is 199 g/mol. The molecule has 5 heteroatoms. The minimum Gasteiger partial charge on any atom is -0.481 e. The smallest absolute Gasteiger partial charge is 0.225 e. The number of ether oxygens (including phenoxy) is 1. The maximum atomic E-state index is 4.96. The summed E-state index contributed by atoms with van der Waals surface area (Å²) in [6, 6.07) is 1.72. The van der Waals surface area contributed by atoms with E-state index < -0.39 is 0 Å². The number of nitrogens with one attached hydrogen (secondary N) is 1. The molecule has 0 aromatic carbocycles. The summed E-state index contributed by atoms with van der Waals surface area (Å²) >= 11 is 1.78. The largest absolute Gasteiger partial charge is 0.481 e. The van der Waals surface area contributed by atoms with E-state index in [1.807, 2.05) is 0 Å². The van der Waals surface area contributed by atoms with E-state index in [0.29, 0.717) is 11.8 Å². The van der Waals surface area contributed by atoms with Gasteiger partial charge in [0.05, 0.1) is 7.11 Å². The molecule has 72 valence electrons. The molecule has 1 aromatic rings. The Morgan fingerprint density at radius 3 is 3.15 bits per heavy atom. The first kappa shape index (κ1) is 10.1. The van der Waals surface area contributed by atoms with Crippen LogP contribution in [-0.2, 0) is 0 Å².